The van der Waals surface area contributed by atoms with Crippen LogP contribution < -0.4 is 11.2 Å². The van der Waals surface area contributed by atoms with Crippen molar-refractivity contribution in [3.63, 3.8) is 0 Å². The maximum absolute atomic E-state index is 14.3. The number of benzene rings is 1. The molecule has 0 bridgehead atoms. The summed E-state index contributed by atoms with van der Waals surface area (Å²) >= 11 is 0. The van der Waals surface area contributed by atoms with Crippen LogP contribution in [0.15, 0.2) is 21.3 Å². The van der Waals surface area contributed by atoms with E-state index in [1.165, 1.54) is 12.1 Å². The van der Waals surface area contributed by atoms with Crippen molar-refractivity contribution in [2.24, 2.45) is 0 Å². The fourth-order valence-electron chi connectivity index (χ4n) is 2.60. The highest BCUT2D eigenvalue weighted by Crippen LogP contribution is 2.39. The van der Waals surface area contributed by atoms with Crippen LogP contribution in [0.3, 0.4) is 0 Å². The topological polar surface area (TPSA) is 64.5 Å². The summed E-state index contributed by atoms with van der Waals surface area (Å²) in [5, 5.41) is 0. The Balaban J connectivity index is 2.05. The van der Waals surface area contributed by atoms with Gasteiger partial charge in [0.1, 0.15) is 5.82 Å². The molecule has 7 heteroatoms. The van der Waals surface area contributed by atoms with Crippen molar-refractivity contribution in [2.45, 2.75) is 45.3 Å². The van der Waals surface area contributed by atoms with Crippen molar-refractivity contribution in [3.05, 3.63) is 28.5 Å². The first-order valence-corrected chi connectivity index (χ1v) is 6.94. The molecule has 3 rings (SSSR count). The summed E-state index contributed by atoms with van der Waals surface area (Å²) in [6.45, 7) is 7.78. The van der Waals surface area contributed by atoms with E-state index in [9.17, 15) is 9.18 Å². The molecule has 1 aliphatic rings. The third-order valence-corrected chi connectivity index (χ3v) is 4.51. The van der Waals surface area contributed by atoms with E-state index >= 15 is 0 Å². The van der Waals surface area contributed by atoms with Crippen molar-refractivity contribution in [3.8, 4) is 0 Å². The van der Waals surface area contributed by atoms with Crippen LogP contribution >= 0.6 is 0 Å². The monoisotopic (exact) mass is 293 g/mol. The van der Waals surface area contributed by atoms with Gasteiger partial charge in [-0.25, -0.2) is 9.18 Å². The minimum Gasteiger partial charge on any atom is -0.408 e. The Morgan fingerprint density at radius 2 is 2.00 bits per heavy atom. The molecule has 1 aromatic carbocycles. The van der Waals surface area contributed by atoms with E-state index in [2.05, 4.69) is 4.98 Å². The molecule has 1 saturated heterocycles. The lowest BCUT2D eigenvalue weighted by atomic mass is 9.78. The van der Waals surface area contributed by atoms with Crippen LogP contribution in [-0.4, -0.2) is 23.3 Å². The molecule has 1 unspecified atom stereocenters. The van der Waals surface area contributed by atoms with E-state index in [0.29, 0.717) is 5.52 Å². The predicted molar refractivity (Wildman–Crippen MR) is 77.1 cm³/mol. The minimum atomic E-state index is -0.824. The molecule has 5 nitrogen and oxygen atoms in total. The van der Waals surface area contributed by atoms with E-state index in [4.69, 9.17) is 13.7 Å². The average molecular weight is 293 g/mol. The van der Waals surface area contributed by atoms with Gasteiger partial charge in [0.2, 0.25) is 0 Å². The second kappa shape index (κ2) is 4.45. The highest BCUT2D eigenvalue weighted by Gasteiger charge is 2.54. The summed E-state index contributed by atoms with van der Waals surface area (Å²) in [7, 11) is -0.824. The van der Waals surface area contributed by atoms with E-state index in [1.54, 1.807) is 0 Å². The molecule has 1 atom stereocenters. The molecule has 21 heavy (non-hydrogen) atoms. The predicted octanol–water partition coefficient (Wildman–Crippen LogP) is 1.95. The summed E-state index contributed by atoms with van der Waals surface area (Å²) < 4.78 is 31.1. The zero-order chi connectivity index (χ0) is 15.4. The first-order valence-electron chi connectivity index (χ1n) is 6.94. The maximum atomic E-state index is 14.3. The number of aromatic nitrogens is 1. The summed E-state index contributed by atoms with van der Waals surface area (Å²) in [6, 6.07) is 2.67. The lowest BCUT2D eigenvalue weighted by Gasteiger charge is -2.35. The van der Waals surface area contributed by atoms with Gasteiger partial charge in [-0.3, -0.25) is 4.98 Å². The number of hydrogen-bond acceptors (Lipinski definition) is 4. The Morgan fingerprint density at radius 1 is 1.29 bits per heavy atom. The van der Waals surface area contributed by atoms with E-state index in [1.807, 2.05) is 27.7 Å². The van der Waals surface area contributed by atoms with Crippen LogP contribution in [0, 0.1) is 5.82 Å². The molecule has 0 spiro atoms. The fourth-order valence-corrected chi connectivity index (χ4v) is 2.60. The first-order chi connectivity index (χ1) is 9.75. The van der Waals surface area contributed by atoms with Crippen molar-refractivity contribution in [1.29, 1.82) is 0 Å². The molecule has 0 amide bonds. The zero-order valence-corrected chi connectivity index (χ0v) is 12.5. The van der Waals surface area contributed by atoms with Crippen LogP contribution in [-0.2, 0) is 9.31 Å². The maximum Gasteiger partial charge on any atom is 0.498 e. The van der Waals surface area contributed by atoms with Gasteiger partial charge in [0.05, 0.1) is 16.7 Å². The molecule has 1 N–H and O–H groups in total. The lowest BCUT2D eigenvalue weighted by molar-refractivity contribution is -0.0118. The molecule has 1 fully saturated rings. The molecular weight excluding hydrogens is 276 g/mol. The largest absolute Gasteiger partial charge is 0.498 e. The third-order valence-electron chi connectivity index (χ3n) is 4.51. The number of fused-ring (bicyclic) bond motifs is 1. The SMILES string of the molecule is CCC1(C)OB(c2cc3oc(=O)[nH]c3cc2F)OC1(C)C. The number of rotatable bonds is 2. The summed E-state index contributed by atoms with van der Waals surface area (Å²) in [5.74, 6) is -1.12. The first kappa shape index (κ1) is 14.3. The van der Waals surface area contributed by atoms with Crippen LogP contribution in [0.25, 0.3) is 11.1 Å². The second-order valence-corrected chi connectivity index (χ2v) is 6.05. The Morgan fingerprint density at radius 3 is 2.62 bits per heavy atom. The van der Waals surface area contributed by atoms with Gasteiger partial charge in [-0.05, 0) is 33.3 Å². The van der Waals surface area contributed by atoms with Crippen LogP contribution in [0.2, 0.25) is 0 Å². The minimum absolute atomic E-state index is 0.232. The van der Waals surface area contributed by atoms with E-state index in [-0.39, 0.29) is 11.0 Å². The number of nitrogens with one attached hydrogen (secondary N) is 1. The highest BCUT2D eigenvalue weighted by atomic mass is 19.1. The van der Waals surface area contributed by atoms with Gasteiger partial charge in [0.25, 0.3) is 0 Å². The number of oxazole rings is 1. The van der Waals surface area contributed by atoms with Crippen molar-refractivity contribution < 1.29 is 18.1 Å². The third kappa shape index (κ3) is 2.11. The van der Waals surface area contributed by atoms with Gasteiger partial charge in [-0.15, -0.1) is 0 Å². The number of halogens is 1. The summed E-state index contributed by atoms with van der Waals surface area (Å²) in [6.07, 6.45) is 0.736. The number of H-pyrrole nitrogens is 1. The van der Waals surface area contributed by atoms with E-state index < -0.39 is 29.9 Å². The Hall–Kier alpha value is -1.60. The standard InChI is InChI=1S/C14H17BFNO4/c1-5-14(4)13(2,3)20-15(21-14)8-6-11-10(7-9(8)16)17-12(18)19-11/h6-7H,5H2,1-4H3,(H,17,18). The molecule has 2 aromatic rings. The van der Waals surface area contributed by atoms with Crippen LogP contribution in [0.5, 0.6) is 0 Å². The highest BCUT2D eigenvalue weighted by molar-refractivity contribution is 6.62. The molecule has 0 saturated carbocycles. The van der Waals surface area contributed by atoms with Gasteiger partial charge in [-0.2, -0.15) is 0 Å². The van der Waals surface area contributed by atoms with Gasteiger partial charge in [0.15, 0.2) is 5.58 Å². The zero-order valence-electron chi connectivity index (χ0n) is 12.5. The van der Waals surface area contributed by atoms with Gasteiger partial charge < -0.3 is 13.7 Å². The Labute approximate surface area is 121 Å². The van der Waals surface area contributed by atoms with Crippen LogP contribution in [0.4, 0.5) is 4.39 Å². The molecule has 112 valence electrons. The number of hydrogen-bond donors (Lipinski definition) is 1. The quantitative estimate of drug-likeness (QED) is 0.860. The van der Waals surface area contributed by atoms with Crippen molar-refractivity contribution in [1.82, 2.24) is 4.98 Å². The normalized spacial score (nSPS) is 24.9. The van der Waals surface area contributed by atoms with Gasteiger partial charge >= 0.3 is 12.9 Å². The molecule has 0 radical (unpaired) electrons. The van der Waals surface area contributed by atoms with Crippen molar-refractivity contribution >= 4 is 23.7 Å². The van der Waals surface area contributed by atoms with Crippen molar-refractivity contribution in [2.75, 3.05) is 0 Å². The molecular formula is C14H17BFNO4. The summed E-state index contributed by atoms with van der Waals surface area (Å²) in [5.41, 5.74) is -0.232. The smallest absolute Gasteiger partial charge is 0.408 e. The Kier molecular flexibility index (Phi) is 3.04. The van der Waals surface area contributed by atoms with Gasteiger partial charge in [-0.1, -0.05) is 6.92 Å². The molecule has 2 heterocycles. The summed E-state index contributed by atoms with van der Waals surface area (Å²) in [4.78, 5) is 13.6. The van der Waals surface area contributed by atoms with Gasteiger partial charge in [0, 0.05) is 11.5 Å². The molecule has 1 aliphatic heterocycles. The number of aromatic amines is 1. The second-order valence-electron chi connectivity index (χ2n) is 6.05. The molecule has 0 aliphatic carbocycles. The average Bonchev–Trinajstić information content (AvgIpc) is 2.85. The fraction of sp³-hybridized carbons (Fsp3) is 0.500. The Bertz CT molecular complexity index is 753. The van der Waals surface area contributed by atoms with E-state index in [0.717, 1.165) is 6.42 Å². The van der Waals surface area contributed by atoms with Crippen LogP contribution in [0.1, 0.15) is 34.1 Å². The molecule has 1 aromatic heterocycles. The lowest BCUT2D eigenvalue weighted by Crippen LogP contribution is -2.44.